The van der Waals surface area contributed by atoms with Gasteiger partial charge in [-0.25, -0.2) is 0 Å². The largest absolute Gasteiger partial charge is 0.398 e. The molecule has 29 heavy (non-hydrogen) atoms. The summed E-state index contributed by atoms with van der Waals surface area (Å²) >= 11 is 0. The van der Waals surface area contributed by atoms with E-state index in [-0.39, 0.29) is 0 Å². The van der Waals surface area contributed by atoms with Gasteiger partial charge in [0, 0.05) is 16.6 Å². The van der Waals surface area contributed by atoms with E-state index in [2.05, 4.69) is 78.9 Å². The minimum Gasteiger partial charge on any atom is -0.398 e. The van der Waals surface area contributed by atoms with E-state index >= 15 is 0 Å². The molecule has 2 aliphatic carbocycles. The number of nitrogen functional groups attached to an aromatic ring is 1. The van der Waals surface area contributed by atoms with Crippen LogP contribution in [0.5, 0.6) is 0 Å². The number of benzene rings is 4. The number of rotatable bonds is 1. The van der Waals surface area contributed by atoms with Crippen molar-refractivity contribution in [3.63, 3.8) is 0 Å². The van der Waals surface area contributed by atoms with Crippen LogP contribution in [-0.4, -0.2) is 0 Å². The van der Waals surface area contributed by atoms with Gasteiger partial charge in [-0.15, -0.1) is 0 Å². The Labute approximate surface area is 171 Å². The topological polar surface area (TPSA) is 26.0 Å². The minimum atomic E-state index is 0.863. The van der Waals surface area contributed by atoms with Crippen molar-refractivity contribution in [2.24, 2.45) is 0 Å². The van der Waals surface area contributed by atoms with Gasteiger partial charge in [0.25, 0.3) is 0 Å². The maximum atomic E-state index is 6.57. The molecule has 0 bridgehead atoms. The molecule has 2 aliphatic rings. The van der Waals surface area contributed by atoms with Crippen LogP contribution in [0.3, 0.4) is 0 Å². The van der Waals surface area contributed by atoms with E-state index in [1.807, 2.05) is 0 Å². The van der Waals surface area contributed by atoms with Crippen molar-refractivity contribution < 1.29 is 0 Å². The van der Waals surface area contributed by atoms with Gasteiger partial charge in [0.2, 0.25) is 0 Å². The standard InChI is InChI=1S/C28H23N/c29-28-24-8-4-2-6-19(24)9-14-25(28)21-11-13-23-20(17-21)12-16-26-22-7-3-1-5-18(22)10-15-27(23)26/h2-4,6-9,11-14,16-17H,1,5,10,15,29H2. The Morgan fingerprint density at radius 3 is 2.52 bits per heavy atom. The van der Waals surface area contributed by atoms with Gasteiger partial charge in [-0.05, 0) is 70.2 Å². The second-order valence-corrected chi connectivity index (χ2v) is 8.23. The summed E-state index contributed by atoms with van der Waals surface area (Å²) in [6, 6.07) is 24.1. The van der Waals surface area contributed by atoms with Gasteiger partial charge in [0.05, 0.1) is 0 Å². The molecule has 1 heteroatoms. The van der Waals surface area contributed by atoms with E-state index < -0.39 is 0 Å². The lowest BCUT2D eigenvalue weighted by Crippen LogP contribution is -2.07. The molecular weight excluding hydrogens is 350 g/mol. The number of aryl methyl sites for hydroxylation is 1. The van der Waals surface area contributed by atoms with Gasteiger partial charge in [-0.3, -0.25) is 0 Å². The van der Waals surface area contributed by atoms with Gasteiger partial charge in [-0.1, -0.05) is 78.4 Å². The molecule has 0 saturated carbocycles. The number of hydrogen-bond donors (Lipinski definition) is 1. The molecule has 0 saturated heterocycles. The smallest absolute Gasteiger partial charge is 0.0473 e. The quantitative estimate of drug-likeness (QED) is 0.348. The Morgan fingerprint density at radius 2 is 1.55 bits per heavy atom. The van der Waals surface area contributed by atoms with Gasteiger partial charge < -0.3 is 5.73 Å². The fourth-order valence-corrected chi connectivity index (χ4v) is 5.16. The van der Waals surface area contributed by atoms with Crippen molar-refractivity contribution in [2.75, 3.05) is 5.73 Å². The second-order valence-electron chi connectivity index (χ2n) is 8.23. The molecule has 2 N–H and O–H groups in total. The van der Waals surface area contributed by atoms with Crippen molar-refractivity contribution in [3.8, 4) is 11.1 Å². The zero-order valence-corrected chi connectivity index (χ0v) is 16.4. The van der Waals surface area contributed by atoms with Gasteiger partial charge in [0.1, 0.15) is 0 Å². The second kappa shape index (κ2) is 6.35. The van der Waals surface area contributed by atoms with Crippen LogP contribution in [0.4, 0.5) is 5.69 Å². The number of fused-ring (bicyclic) bond motifs is 5. The molecule has 140 valence electrons. The highest BCUT2D eigenvalue weighted by Gasteiger charge is 2.20. The van der Waals surface area contributed by atoms with Crippen molar-refractivity contribution in [1.29, 1.82) is 0 Å². The third-order valence-electron chi connectivity index (χ3n) is 6.66. The molecule has 4 aromatic carbocycles. The summed E-state index contributed by atoms with van der Waals surface area (Å²) in [7, 11) is 0. The lowest BCUT2D eigenvalue weighted by atomic mass is 9.79. The number of allylic oxidation sites excluding steroid dienone is 4. The number of nitrogens with two attached hydrogens (primary N) is 1. The molecule has 0 radical (unpaired) electrons. The highest BCUT2D eigenvalue weighted by Crippen LogP contribution is 2.41. The molecule has 0 heterocycles. The summed E-state index contributed by atoms with van der Waals surface area (Å²) in [5.74, 6) is 0. The Morgan fingerprint density at radius 1 is 0.690 bits per heavy atom. The summed E-state index contributed by atoms with van der Waals surface area (Å²) in [6.07, 6.45) is 9.43. The van der Waals surface area contributed by atoms with E-state index in [4.69, 9.17) is 5.73 Å². The van der Waals surface area contributed by atoms with Crippen molar-refractivity contribution in [3.05, 3.63) is 95.6 Å². The van der Waals surface area contributed by atoms with Crippen molar-refractivity contribution in [2.45, 2.75) is 25.7 Å². The molecule has 0 unspecified atom stereocenters. The normalized spacial score (nSPS) is 15.6. The molecule has 6 rings (SSSR count). The van der Waals surface area contributed by atoms with E-state index in [0.717, 1.165) is 23.1 Å². The first-order chi connectivity index (χ1) is 14.3. The van der Waals surface area contributed by atoms with E-state index in [0.29, 0.717) is 0 Å². The van der Waals surface area contributed by atoms with Gasteiger partial charge in [0.15, 0.2) is 0 Å². The zero-order chi connectivity index (χ0) is 19.4. The van der Waals surface area contributed by atoms with Crippen LogP contribution < -0.4 is 5.73 Å². The molecule has 0 amide bonds. The van der Waals surface area contributed by atoms with Crippen LogP contribution >= 0.6 is 0 Å². The van der Waals surface area contributed by atoms with Crippen LogP contribution in [0.15, 0.2) is 84.5 Å². The van der Waals surface area contributed by atoms with Crippen molar-refractivity contribution in [1.82, 2.24) is 0 Å². The fraction of sp³-hybridized carbons (Fsp3) is 0.143. The summed E-state index contributed by atoms with van der Waals surface area (Å²) < 4.78 is 0. The SMILES string of the molecule is Nc1c(-c2ccc3c4c(ccc3c2)C2=C(CCC=C2)CC4)ccc2ccccc12. The van der Waals surface area contributed by atoms with Crippen LogP contribution in [-0.2, 0) is 6.42 Å². The predicted octanol–water partition coefficient (Wildman–Crippen LogP) is 7.29. The minimum absolute atomic E-state index is 0.863. The molecule has 0 atom stereocenters. The zero-order valence-electron chi connectivity index (χ0n) is 16.4. The number of hydrogen-bond acceptors (Lipinski definition) is 1. The van der Waals surface area contributed by atoms with Crippen LogP contribution in [0.2, 0.25) is 0 Å². The van der Waals surface area contributed by atoms with E-state index in [9.17, 15) is 0 Å². The molecule has 0 aliphatic heterocycles. The van der Waals surface area contributed by atoms with Crippen molar-refractivity contribution >= 4 is 32.8 Å². The van der Waals surface area contributed by atoms with Crippen LogP contribution in [0.1, 0.15) is 30.4 Å². The number of anilines is 1. The Bertz CT molecular complexity index is 1350. The molecule has 1 nitrogen and oxygen atoms in total. The maximum Gasteiger partial charge on any atom is 0.0473 e. The highest BCUT2D eigenvalue weighted by molar-refractivity contribution is 6.02. The third kappa shape index (κ3) is 2.54. The Balaban J connectivity index is 1.51. The molecule has 0 aromatic heterocycles. The lowest BCUT2D eigenvalue weighted by molar-refractivity contribution is 0.831. The summed E-state index contributed by atoms with van der Waals surface area (Å²) in [5, 5.41) is 5.00. The predicted molar refractivity (Wildman–Crippen MR) is 125 cm³/mol. The lowest BCUT2D eigenvalue weighted by Gasteiger charge is -2.25. The average molecular weight is 373 g/mol. The highest BCUT2D eigenvalue weighted by atomic mass is 14.6. The van der Waals surface area contributed by atoms with Crippen LogP contribution in [0, 0.1) is 0 Å². The first-order valence-electron chi connectivity index (χ1n) is 10.5. The molecular formula is C28H23N. The summed E-state index contributed by atoms with van der Waals surface area (Å²) in [4.78, 5) is 0. The third-order valence-corrected chi connectivity index (χ3v) is 6.66. The van der Waals surface area contributed by atoms with E-state index in [1.54, 1.807) is 5.57 Å². The molecule has 4 aromatic rings. The first kappa shape index (κ1) is 16.6. The Kier molecular flexibility index (Phi) is 3.64. The summed E-state index contributed by atoms with van der Waals surface area (Å²) in [5.41, 5.74) is 15.8. The maximum absolute atomic E-state index is 6.57. The van der Waals surface area contributed by atoms with Crippen LogP contribution in [0.25, 0.3) is 38.2 Å². The monoisotopic (exact) mass is 373 g/mol. The fourth-order valence-electron chi connectivity index (χ4n) is 5.16. The van der Waals surface area contributed by atoms with Gasteiger partial charge >= 0.3 is 0 Å². The average Bonchev–Trinajstić information content (AvgIpc) is 2.78. The van der Waals surface area contributed by atoms with Gasteiger partial charge in [-0.2, -0.15) is 0 Å². The van der Waals surface area contributed by atoms with E-state index in [1.165, 1.54) is 57.7 Å². The summed E-state index contributed by atoms with van der Waals surface area (Å²) in [6.45, 7) is 0. The Hall–Kier alpha value is -3.32. The molecule has 0 fully saturated rings. The molecule has 0 spiro atoms. The first-order valence-corrected chi connectivity index (χ1v) is 10.5.